The molecule has 2 heterocycles. The van der Waals surface area contributed by atoms with Crippen molar-refractivity contribution in [2.75, 3.05) is 26.9 Å². The minimum Gasteiger partial charge on any atom is -0.507 e. The second kappa shape index (κ2) is 15.9. The van der Waals surface area contributed by atoms with Crippen LogP contribution in [-0.2, 0) is 35.7 Å². The maximum atomic E-state index is 14.1. The van der Waals surface area contributed by atoms with Gasteiger partial charge < -0.3 is 45.5 Å². The Bertz CT molecular complexity index is 2000. The van der Waals surface area contributed by atoms with Crippen molar-refractivity contribution >= 4 is 35.0 Å². The minimum absolute atomic E-state index is 0.00160. The molecule has 0 bridgehead atoms. The van der Waals surface area contributed by atoms with Crippen molar-refractivity contribution in [2.24, 2.45) is 10.8 Å². The number of carbonyl (C=O) groups is 5. The summed E-state index contributed by atoms with van der Waals surface area (Å²) in [5.74, 6) is -3.70. The Hall–Kier alpha value is -4.78. The van der Waals surface area contributed by atoms with E-state index >= 15 is 0 Å². The van der Waals surface area contributed by atoms with Crippen molar-refractivity contribution in [3.05, 3.63) is 51.6 Å². The third-order valence-corrected chi connectivity index (χ3v) is 11.9. The maximum Gasteiger partial charge on any atom is 0.240 e. The number of methoxy groups -OCH3 is 1. The molecular weight excluding hydrogens is 744 g/mol. The van der Waals surface area contributed by atoms with Crippen LogP contribution in [0.3, 0.4) is 0 Å². The number of aliphatic hydroxyl groups is 3. The van der Waals surface area contributed by atoms with Gasteiger partial charge in [0.25, 0.3) is 0 Å². The molecule has 6 atom stereocenters. The Morgan fingerprint density at radius 3 is 2.35 bits per heavy atom. The van der Waals surface area contributed by atoms with E-state index in [2.05, 4.69) is 10.5 Å². The van der Waals surface area contributed by atoms with E-state index in [9.17, 15) is 49.5 Å². The van der Waals surface area contributed by atoms with Gasteiger partial charge in [-0.05, 0) is 39.2 Å². The van der Waals surface area contributed by atoms with Crippen LogP contribution in [0.25, 0.3) is 0 Å². The van der Waals surface area contributed by atoms with Crippen LogP contribution in [0.2, 0.25) is 0 Å². The first kappa shape index (κ1) is 41.8. The summed E-state index contributed by atoms with van der Waals surface area (Å²) >= 11 is 0. The predicted octanol–water partition coefficient (Wildman–Crippen LogP) is 1.22. The molecule has 2 aliphatic carbocycles. The van der Waals surface area contributed by atoms with Gasteiger partial charge in [0.2, 0.25) is 23.5 Å². The van der Waals surface area contributed by atoms with Crippen molar-refractivity contribution in [2.45, 2.75) is 114 Å². The standard InChI is InChI=1S/C40H50N4O13/c1-20-39(3,53)24(41)15-29(57-20)56-19-38(2)18-40(54,25(17-45)42-43-26(46)11-6-5-7-14-44-27(47)12-13-28(44)48)16-22-33(38)37(52)32-31(35(22)50)34(49)21-9-8-10-23(55-4)30(21)36(32)51/h8-10,20,24,29,45,50,52-54H,5-7,11-19,41H2,1-4H3,(H,43,46)/b42-25+/t20-,24-,29?,38+,39+,40-/m0/s1. The van der Waals surface area contributed by atoms with Gasteiger partial charge in [-0.3, -0.25) is 28.9 Å². The van der Waals surface area contributed by atoms with Crippen LogP contribution in [0.15, 0.2) is 23.3 Å². The Kier molecular flexibility index (Phi) is 11.7. The third kappa shape index (κ3) is 7.55. The lowest BCUT2D eigenvalue weighted by atomic mass is 9.62. The highest BCUT2D eigenvalue weighted by molar-refractivity contribution is 6.31. The number of nitrogens with two attached hydrogens (primary N) is 1. The molecule has 17 heteroatoms. The summed E-state index contributed by atoms with van der Waals surface area (Å²) in [4.78, 5) is 65.8. The highest BCUT2D eigenvalue weighted by atomic mass is 16.7. The molecule has 2 aliphatic heterocycles. The van der Waals surface area contributed by atoms with Crippen molar-refractivity contribution in [1.29, 1.82) is 0 Å². The predicted molar refractivity (Wildman–Crippen MR) is 201 cm³/mol. The number of nitrogens with one attached hydrogen (secondary N) is 1. The number of benzene rings is 2. The number of hydrazone groups is 1. The lowest BCUT2D eigenvalue weighted by Crippen LogP contribution is -2.60. The largest absolute Gasteiger partial charge is 0.507 e. The number of phenolic OH excluding ortho intramolecular Hbond substituents is 2. The molecular formula is C40H50N4O13. The van der Waals surface area contributed by atoms with Gasteiger partial charge in [0.05, 0.1) is 48.8 Å². The number of aromatic hydroxyl groups is 2. The second-order valence-corrected chi connectivity index (χ2v) is 15.9. The molecule has 0 saturated carbocycles. The number of amides is 3. The Morgan fingerprint density at radius 2 is 1.70 bits per heavy atom. The van der Waals surface area contributed by atoms with Crippen LogP contribution in [0.4, 0.5) is 0 Å². The van der Waals surface area contributed by atoms with E-state index in [0.717, 1.165) is 0 Å². The molecule has 0 radical (unpaired) electrons. The van der Waals surface area contributed by atoms with E-state index in [-0.39, 0.29) is 90.8 Å². The van der Waals surface area contributed by atoms with Crippen LogP contribution in [0.1, 0.15) is 115 Å². The van der Waals surface area contributed by atoms with E-state index in [1.165, 1.54) is 30.2 Å². The Balaban J connectivity index is 1.31. The van der Waals surface area contributed by atoms with Crippen LogP contribution < -0.4 is 15.9 Å². The molecule has 2 saturated heterocycles. The average molecular weight is 795 g/mol. The van der Waals surface area contributed by atoms with E-state index in [0.29, 0.717) is 19.3 Å². The number of likely N-dealkylation sites (tertiary alicyclic amines) is 1. The molecule has 2 aromatic rings. The highest BCUT2D eigenvalue weighted by Crippen LogP contribution is 2.54. The Labute approximate surface area is 328 Å². The minimum atomic E-state index is -2.12. The number of nitrogens with zero attached hydrogens (tertiary/aromatic N) is 2. The lowest BCUT2D eigenvalue weighted by Gasteiger charge is -2.47. The van der Waals surface area contributed by atoms with Crippen LogP contribution in [-0.4, -0.2) is 122 Å². The van der Waals surface area contributed by atoms with E-state index in [4.69, 9.17) is 19.9 Å². The SMILES string of the molecule is COc1cccc2c1C(=O)c1c(O)c3c(c(O)c1C2=O)C[C@@](O)(/C(CO)=N/NC(=O)CCCCCN1C(=O)CCC1=O)C[C@]3(C)COC1C[C@H](N)[C@](C)(O)[C@H](C)O1. The fourth-order valence-electron chi connectivity index (χ4n) is 8.47. The Morgan fingerprint density at radius 1 is 1.02 bits per heavy atom. The molecule has 4 aliphatic rings. The summed E-state index contributed by atoms with van der Waals surface area (Å²) < 4.78 is 17.5. The highest BCUT2D eigenvalue weighted by Gasteiger charge is 2.53. The van der Waals surface area contributed by atoms with Gasteiger partial charge in [-0.15, -0.1) is 0 Å². The fourth-order valence-corrected chi connectivity index (χ4v) is 8.47. The zero-order valence-electron chi connectivity index (χ0n) is 32.4. The van der Waals surface area contributed by atoms with Gasteiger partial charge in [0.15, 0.2) is 12.1 Å². The van der Waals surface area contributed by atoms with Crippen molar-refractivity contribution < 1.29 is 63.7 Å². The summed E-state index contributed by atoms with van der Waals surface area (Å²) in [6, 6.07) is 3.65. The molecule has 17 nitrogen and oxygen atoms in total. The summed E-state index contributed by atoms with van der Waals surface area (Å²) in [6.07, 6.45) is -0.609. The monoisotopic (exact) mass is 794 g/mol. The number of rotatable bonds is 13. The van der Waals surface area contributed by atoms with Crippen molar-refractivity contribution in [3.8, 4) is 17.2 Å². The molecule has 1 unspecified atom stereocenters. The quantitative estimate of drug-likeness (QED) is 0.0422. The number of ether oxygens (including phenoxy) is 3. The zero-order valence-corrected chi connectivity index (χ0v) is 32.4. The zero-order chi connectivity index (χ0) is 41.6. The normalized spacial score (nSPS) is 28.6. The van der Waals surface area contributed by atoms with Gasteiger partial charge in [-0.1, -0.05) is 25.5 Å². The maximum absolute atomic E-state index is 14.1. The number of phenols is 2. The fraction of sp³-hybridized carbons (Fsp3) is 0.550. The number of hydrogen-bond acceptors (Lipinski definition) is 15. The van der Waals surface area contributed by atoms with Crippen LogP contribution >= 0.6 is 0 Å². The van der Waals surface area contributed by atoms with Gasteiger partial charge in [0, 0.05) is 66.8 Å². The van der Waals surface area contributed by atoms with E-state index in [1.54, 1.807) is 20.8 Å². The first-order valence-corrected chi connectivity index (χ1v) is 19.0. The second-order valence-electron chi connectivity index (χ2n) is 15.9. The molecule has 0 spiro atoms. The summed E-state index contributed by atoms with van der Waals surface area (Å²) in [6.45, 7) is 3.86. The molecule has 3 amide bonds. The smallest absolute Gasteiger partial charge is 0.240 e. The number of aliphatic hydroxyl groups excluding tert-OH is 1. The number of imide groups is 1. The number of fused-ring (bicyclic) bond motifs is 3. The molecule has 2 fully saturated rings. The molecule has 8 N–H and O–H groups in total. The van der Waals surface area contributed by atoms with Crippen LogP contribution in [0.5, 0.6) is 17.2 Å². The number of unbranched alkanes of at least 4 members (excludes halogenated alkanes) is 2. The van der Waals surface area contributed by atoms with Gasteiger partial charge in [-0.25, -0.2) is 5.43 Å². The van der Waals surface area contributed by atoms with Crippen molar-refractivity contribution in [1.82, 2.24) is 10.3 Å². The number of ketones is 2. The molecule has 0 aromatic heterocycles. The summed E-state index contributed by atoms with van der Waals surface area (Å²) in [7, 11) is 1.33. The summed E-state index contributed by atoms with van der Waals surface area (Å²) in [5, 5.41) is 61.7. The first-order valence-electron chi connectivity index (χ1n) is 19.0. The van der Waals surface area contributed by atoms with Crippen LogP contribution in [0, 0.1) is 0 Å². The van der Waals surface area contributed by atoms with Gasteiger partial charge in [-0.2, -0.15) is 5.10 Å². The first-order chi connectivity index (χ1) is 26.9. The van der Waals surface area contributed by atoms with Gasteiger partial charge >= 0.3 is 0 Å². The lowest BCUT2D eigenvalue weighted by molar-refractivity contribution is -0.254. The molecule has 6 rings (SSSR count). The van der Waals surface area contributed by atoms with Crippen molar-refractivity contribution in [3.63, 3.8) is 0 Å². The molecule has 308 valence electrons. The summed E-state index contributed by atoms with van der Waals surface area (Å²) in [5.41, 5.74) is 2.15. The average Bonchev–Trinajstić information content (AvgIpc) is 3.48. The molecule has 57 heavy (non-hydrogen) atoms. The topological polar surface area (TPSA) is 268 Å². The molecule has 2 aromatic carbocycles. The van der Waals surface area contributed by atoms with E-state index in [1.807, 2.05) is 0 Å². The number of hydrogen-bond donors (Lipinski definition) is 7. The number of carbonyl (C=O) groups excluding carboxylic acids is 5. The van der Waals surface area contributed by atoms with E-state index < -0.39 is 88.2 Å². The van der Waals surface area contributed by atoms with Gasteiger partial charge in [0.1, 0.15) is 28.5 Å². The third-order valence-electron chi connectivity index (χ3n) is 11.9.